The van der Waals surface area contributed by atoms with Gasteiger partial charge in [-0.25, -0.2) is 8.42 Å². The molecule has 190 valence electrons. The van der Waals surface area contributed by atoms with Crippen molar-refractivity contribution >= 4 is 9.84 Å². The van der Waals surface area contributed by atoms with E-state index in [1.165, 1.54) is 5.56 Å². The van der Waals surface area contributed by atoms with Gasteiger partial charge in [0.15, 0.2) is 9.84 Å². The molecule has 0 amide bonds. The fraction of sp³-hybridized carbons (Fsp3) is 0.419. The highest BCUT2D eigenvalue weighted by Crippen LogP contribution is 2.41. The molecule has 0 saturated carbocycles. The molecule has 36 heavy (non-hydrogen) atoms. The molecule has 0 bridgehead atoms. The van der Waals surface area contributed by atoms with Gasteiger partial charge in [-0.1, -0.05) is 60.7 Å². The summed E-state index contributed by atoms with van der Waals surface area (Å²) >= 11 is 0. The van der Waals surface area contributed by atoms with Crippen LogP contribution < -0.4 is 4.74 Å². The maximum atomic E-state index is 12.7. The molecule has 3 aromatic carbocycles. The third-order valence-electron chi connectivity index (χ3n) is 7.76. The maximum absolute atomic E-state index is 12.7. The van der Waals surface area contributed by atoms with Gasteiger partial charge in [-0.05, 0) is 86.4 Å². The molecule has 5 heteroatoms. The molecule has 2 aliphatic rings. The molecule has 1 spiro atoms. The summed E-state index contributed by atoms with van der Waals surface area (Å²) in [5, 5.41) is 0. The van der Waals surface area contributed by atoms with Crippen LogP contribution in [-0.4, -0.2) is 37.5 Å². The van der Waals surface area contributed by atoms with Crippen LogP contribution >= 0.6 is 0 Å². The monoisotopic (exact) mass is 503 g/mol. The molecule has 3 aromatic rings. The van der Waals surface area contributed by atoms with E-state index < -0.39 is 9.84 Å². The second-order valence-electron chi connectivity index (χ2n) is 11.5. The predicted octanol–water partition coefficient (Wildman–Crippen LogP) is 6.43. The van der Waals surface area contributed by atoms with Gasteiger partial charge >= 0.3 is 0 Å². The molecule has 0 atom stereocenters. The number of likely N-dealkylation sites (tertiary alicyclic amines) is 1. The normalized spacial score (nSPS) is 18.0. The van der Waals surface area contributed by atoms with Crippen LogP contribution in [0.5, 0.6) is 5.75 Å². The Balaban J connectivity index is 1.24. The van der Waals surface area contributed by atoms with Gasteiger partial charge in [0.1, 0.15) is 11.4 Å². The van der Waals surface area contributed by atoms with E-state index in [2.05, 4.69) is 43.9 Å². The van der Waals surface area contributed by atoms with Crippen molar-refractivity contribution in [2.75, 3.05) is 13.1 Å². The first-order chi connectivity index (χ1) is 17.1. The summed E-state index contributed by atoms with van der Waals surface area (Å²) < 4.78 is 32.0. The van der Waals surface area contributed by atoms with Crippen LogP contribution in [0.2, 0.25) is 0 Å². The van der Waals surface area contributed by atoms with Crippen LogP contribution in [0.15, 0.2) is 72.8 Å². The third-order valence-corrected chi connectivity index (χ3v) is 9.31. The van der Waals surface area contributed by atoms with E-state index in [0.29, 0.717) is 0 Å². The fourth-order valence-electron chi connectivity index (χ4n) is 5.56. The number of aryl methyl sites for hydroxylation is 1. The van der Waals surface area contributed by atoms with Gasteiger partial charge < -0.3 is 4.74 Å². The van der Waals surface area contributed by atoms with Crippen molar-refractivity contribution < 1.29 is 13.2 Å². The lowest BCUT2D eigenvalue weighted by molar-refractivity contribution is -0.0355. The van der Waals surface area contributed by atoms with Gasteiger partial charge in [0.05, 0.1) is 11.5 Å². The lowest BCUT2D eigenvalue weighted by Gasteiger charge is -2.48. The van der Waals surface area contributed by atoms with E-state index in [1.54, 1.807) is 0 Å². The van der Waals surface area contributed by atoms with Gasteiger partial charge in [0.2, 0.25) is 0 Å². The van der Waals surface area contributed by atoms with E-state index in [-0.39, 0.29) is 22.6 Å². The van der Waals surface area contributed by atoms with Crippen LogP contribution in [0.4, 0.5) is 0 Å². The summed E-state index contributed by atoms with van der Waals surface area (Å²) in [6.07, 6.45) is 4.27. The van der Waals surface area contributed by atoms with Crippen LogP contribution in [0, 0.1) is 0 Å². The van der Waals surface area contributed by atoms with Crippen LogP contribution in [0.25, 0.3) is 11.1 Å². The predicted molar refractivity (Wildman–Crippen MR) is 147 cm³/mol. The van der Waals surface area contributed by atoms with Crippen molar-refractivity contribution in [1.29, 1.82) is 0 Å². The quantitative estimate of drug-likeness (QED) is 0.403. The topological polar surface area (TPSA) is 46.6 Å². The maximum Gasteiger partial charge on any atom is 0.158 e. The van der Waals surface area contributed by atoms with Gasteiger partial charge in [-0.15, -0.1) is 0 Å². The molecule has 0 radical (unpaired) electrons. The Hall–Kier alpha value is -2.63. The number of sulfone groups is 1. The zero-order valence-corrected chi connectivity index (χ0v) is 22.5. The number of rotatable bonds is 5. The Morgan fingerprint density at radius 1 is 0.806 bits per heavy atom. The van der Waals surface area contributed by atoms with E-state index in [4.69, 9.17) is 4.74 Å². The highest BCUT2D eigenvalue weighted by atomic mass is 32.2. The Kier molecular flexibility index (Phi) is 6.73. The van der Waals surface area contributed by atoms with Crippen molar-refractivity contribution in [1.82, 2.24) is 4.90 Å². The molecule has 0 aromatic heterocycles. The summed E-state index contributed by atoms with van der Waals surface area (Å²) in [4.78, 5) is 2.57. The number of hydrogen-bond acceptors (Lipinski definition) is 4. The van der Waals surface area contributed by atoms with Gasteiger partial charge in [0.25, 0.3) is 0 Å². The highest BCUT2D eigenvalue weighted by molar-refractivity contribution is 7.89. The lowest BCUT2D eigenvalue weighted by Crippen LogP contribution is -2.54. The van der Waals surface area contributed by atoms with Crippen LogP contribution in [0.1, 0.15) is 56.7 Å². The van der Waals surface area contributed by atoms with E-state index in [1.807, 2.05) is 54.6 Å². The highest BCUT2D eigenvalue weighted by Gasteiger charge is 2.41. The van der Waals surface area contributed by atoms with Crippen molar-refractivity contribution in [3.05, 3.63) is 89.5 Å². The van der Waals surface area contributed by atoms with Crippen molar-refractivity contribution in [2.45, 2.75) is 69.1 Å². The van der Waals surface area contributed by atoms with Gasteiger partial charge in [-0.3, -0.25) is 4.90 Å². The second kappa shape index (κ2) is 9.68. The van der Waals surface area contributed by atoms with Gasteiger partial charge in [0, 0.05) is 18.6 Å². The average Bonchev–Trinajstić information content (AvgIpc) is 2.84. The Labute approximate surface area is 216 Å². The third kappa shape index (κ3) is 5.68. The molecule has 2 heterocycles. The van der Waals surface area contributed by atoms with E-state index >= 15 is 0 Å². The SMILES string of the molecule is CC(C)(C)N1CCC2(CCc3cc(-c4ccc(CS(=O)(=O)Cc5ccccc5)cc4)ccc3O2)CC1. The number of benzene rings is 3. The van der Waals surface area contributed by atoms with Crippen LogP contribution in [0.3, 0.4) is 0 Å². The van der Waals surface area contributed by atoms with E-state index in [9.17, 15) is 8.42 Å². The first-order valence-electron chi connectivity index (χ1n) is 13.0. The molecule has 0 aliphatic carbocycles. The van der Waals surface area contributed by atoms with Crippen molar-refractivity contribution in [3.63, 3.8) is 0 Å². The smallest absolute Gasteiger partial charge is 0.158 e. The van der Waals surface area contributed by atoms with Crippen molar-refractivity contribution in [3.8, 4) is 16.9 Å². The molecule has 1 fully saturated rings. The zero-order valence-electron chi connectivity index (χ0n) is 21.7. The number of ether oxygens (including phenoxy) is 1. The molecule has 4 nitrogen and oxygen atoms in total. The largest absolute Gasteiger partial charge is 0.487 e. The first-order valence-corrected chi connectivity index (χ1v) is 14.8. The van der Waals surface area contributed by atoms with Crippen molar-refractivity contribution in [2.24, 2.45) is 0 Å². The molecule has 0 N–H and O–H groups in total. The molecule has 1 saturated heterocycles. The number of nitrogens with zero attached hydrogens (tertiary/aromatic N) is 1. The molecular formula is C31H37NO3S. The average molecular weight is 504 g/mol. The Bertz CT molecular complexity index is 1300. The summed E-state index contributed by atoms with van der Waals surface area (Å²) in [5.74, 6) is 1.14. The summed E-state index contributed by atoms with van der Waals surface area (Å²) in [5.41, 5.74) is 5.35. The fourth-order valence-corrected chi connectivity index (χ4v) is 7.07. The van der Waals surface area contributed by atoms with E-state index in [0.717, 1.165) is 66.8 Å². The zero-order chi connectivity index (χ0) is 25.4. The standard InChI is InChI=1S/C31H37NO3S/c1-30(2,3)32-19-17-31(18-20-32)16-15-28-21-27(13-14-29(28)35-31)26-11-9-25(10-12-26)23-36(33,34)22-24-7-5-4-6-8-24/h4-14,21H,15-20,22-23H2,1-3H3. The second-order valence-corrected chi connectivity index (χ2v) is 13.5. The Morgan fingerprint density at radius 2 is 1.42 bits per heavy atom. The summed E-state index contributed by atoms with van der Waals surface area (Å²) in [7, 11) is -3.22. The molecule has 2 aliphatic heterocycles. The number of piperidine rings is 1. The molecule has 5 rings (SSSR count). The first kappa shape index (κ1) is 25.0. The van der Waals surface area contributed by atoms with Crippen LogP contribution in [-0.2, 0) is 27.8 Å². The number of hydrogen-bond donors (Lipinski definition) is 0. The van der Waals surface area contributed by atoms with Gasteiger partial charge in [-0.2, -0.15) is 0 Å². The molecule has 0 unspecified atom stereocenters. The minimum absolute atomic E-state index is 0.0246. The number of fused-ring (bicyclic) bond motifs is 1. The minimum Gasteiger partial charge on any atom is -0.487 e. The summed E-state index contributed by atoms with van der Waals surface area (Å²) in [6.45, 7) is 9.05. The minimum atomic E-state index is -3.22. The Morgan fingerprint density at radius 3 is 2.06 bits per heavy atom. The lowest BCUT2D eigenvalue weighted by atomic mass is 9.81. The molecular weight excluding hydrogens is 466 g/mol. The summed E-state index contributed by atoms with van der Waals surface area (Å²) in [6, 6.07) is 23.8.